The van der Waals surface area contributed by atoms with Crippen molar-refractivity contribution < 1.29 is 4.79 Å². The summed E-state index contributed by atoms with van der Waals surface area (Å²) in [4.78, 5) is 24.9. The fourth-order valence-electron chi connectivity index (χ4n) is 3.62. The SMILES string of the molecule is C.Cc1nc(N2CCC(N)(C(=O)NC3CCC3)CC2)cnc1Sc1cccc(Cl)c1Cl. The van der Waals surface area contributed by atoms with Gasteiger partial charge < -0.3 is 16.0 Å². The average molecular weight is 482 g/mol. The van der Waals surface area contributed by atoms with Crippen molar-refractivity contribution in [3.8, 4) is 0 Å². The molecule has 1 amide bonds. The lowest BCUT2D eigenvalue weighted by Gasteiger charge is -2.40. The van der Waals surface area contributed by atoms with Gasteiger partial charge in [0.15, 0.2) is 0 Å². The summed E-state index contributed by atoms with van der Waals surface area (Å²) in [6, 6.07) is 5.84. The van der Waals surface area contributed by atoms with Gasteiger partial charge in [-0.1, -0.05) is 48.5 Å². The molecule has 1 aliphatic heterocycles. The van der Waals surface area contributed by atoms with Crippen LogP contribution in [0.1, 0.15) is 45.2 Å². The van der Waals surface area contributed by atoms with Crippen molar-refractivity contribution >= 4 is 46.7 Å². The highest BCUT2D eigenvalue weighted by molar-refractivity contribution is 7.99. The van der Waals surface area contributed by atoms with Crippen molar-refractivity contribution in [2.75, 3.05) is 18.0 Å². The van der Waals surface area contributed by atoms with Crippen LogP contribution in [0.15, 0.2) is 34.3 Å². The molecule has 2 heterocycles. The Balaban J connectivity index is 0.00000272. The highest BCUT2D eigenvalue weighted by Gasteiger charge is 2.39. The number of rotatable bonds is 5. The van der Waals surface area contributed by atoms with Crippen molar-refractivity contribution in [2.45, 2.75) is 68.0 Å². The number of anilines is 1. The van der Waals surface area contributed by atoms with Crippen molar-refractivity contribution in [1.82, 2.24) is 15.3 Å². The van der Waals surface area contributed by atoms with E-state index in [-0.39, 0.29) is 13.3 Å². The molecule has 3 N–H and O–H groups in total. The maximum absolute atomic E-state index is 12.6. The minimum absolute atomic E-state index is 0. The van der Waals surface area contributed by atoms with Crippen LogP contribution in [-0.4, -0.2) is 40.5 Å². The first kappa shape index (κ1) is 24.1. The molecule has 0 bridgehead atoms. The molecule has 2 fully saturated rings. The number of nitrogens with one attached hydrogen (secondary N) is 1. The van der Waals surface area contributed by atoms with E-state index in [4.69, 9.17) is 33.9 Å². The largest absolute Gasteiger partial charge is 0.355 e. The van der Waals surface area contributed by atoms with Crippen LogP contribution in [0.3, 0.4) is 0 Å². The number of piperidine rings is 1. The number of halogens is 2. The molecular formula is C22H29Cl2N5OS. The van der Waals surface area contributed by atoms with Crippen molar-refractivity contribution in [3.05, 3.63) is 40.1 Å². The molecule has 4 rings (SSSR count). The van der Waals surface area contributed by atoms with Crippen LogP contribution >= 0.6 is 35.0 Å². The van der Waals surface area contributed by atoms with Crippen LogP contribution in [0, 0.1) is 6.92 Å². The summed E-state index contributed by atoms with van der Waals surface area (Å²) in [6.45, 7) is 3.28. The van der Waals surface area contributed by atoms with Gasteiger partial charge in [-0.15, -0.1) is 0 Å². The first-order valence-corrected chi connectivity index (χ1v) is 11.7. The molecule has 0 unspecified atom stereocenters. The molecule has 0 atom stereocenters. The summed E-state index contributed by atoms with van der Waals surface area (Å²) >= 11 is 13.8. The predicted octanol–water partition coefficient (Wildman–Crippen LogP) is 4.85. The Morgan fingerprint density at radius 3 is 2.61 bits per heavy atom. The van der Waals surface area contributed by atoms with Crippen LogP contribution in [0.2, 0.25) is 10.0 Å². The van der Waals surface area contributed by atoms with Gasteiger partial charge in [0.2, 0.25) is 5.91 Å². The first-order chi connectivity index (χ1) is 14.4. The minimum atomic E-state index is -0.798. The van der Waals surface area contributed by atoms with Gasteiger partial charge in [0.25, 0.3) is 0 Å². The maximum atomic E-state index is 12.6. The molecule has 1 aromatic carbocycles. The molecule has 1 saturated heterocycles. The molecule has 0 radical (unpaired) electrons. The Hall–Kier alpha value is -1.54. The highest BCUT2D eigenvalue weighted by Crippen LogP contribution is 2.37. The molecule has 1 aliphatic carbocycles. The van der Waals surface area contributed by atoms with E-state index in [1.165, 1.54) is 18.2 Å². The Kier molecular flexibility index (Phi) is 7.73. The second-order valence-electron chi connectivity index (χ2n) is 8.02. The third-order valence-electron chi connectivity index (χ3n) is 5.88. The topological polar surface area (TPSA) is 84.1 Å². The van der Waals surface area contributed by atoms with Crippen LogP contribution < -0.4 is 16.0 Å². The van der Waals surface area contributed by atoms with Crippen molar-refractivity contribution in [1.29, 1.82) is 0 Å². The zero-order valence-corrected chi connectivity index (χ0v) is 19.2. The molecule has 2 aromatic rings. The number of nitrogens with two attached hydrogens (primary N) is 1. The number of aromatic nitrogens is 2. The van der Waals surface area contributed by atoms with Gasteiger partial charge in [0, 0.05) is 24.0 Å². The van der Waals surface area contributed by atoms with Gasteiger partial charge in [-0.25, -0.2) is 9.97 Å². The summed E-state index contributed by atoms with van der Waals surface area (Å²) in [5, 5.41) is 4.92. The molecule has 31 heavy (non-hydrogen) atoms. The number of amides is 1. The monoisotopic (exact) mass is 481 g/mol. The van der Waals surface area contributed by atoms with Gasteiger partial charge in [0.1, 0.15) is 10.8 Å². The standard InChI is InChI=1S/C21H25Cl2N5OS.CH4/c1-13-19(30-16-7-3-6-15(22)18(16)23)25-12-17(26-13)28-10-8-21(24,9-11-28)20(29)27-14-4-2-5-14;/h3,6-7,12,14H,2,4-5,8-11,24H2,1H3,(H,27,29);1H4. The normalized spacial score (nSPS) is 18.1. The summed E-state index contributed by atoms with van der Waals surface area (Å²) in [5.41, 5.74) is 6.46. The van der Waals surface area contributed by atoms with E-state index in [0.29, 0.717) is 42.0 Å². The Morgan fingerprint density at radius 2 is 2.00 bits per heavy atom. The Bertz CT molecular complexity index is 945. The second kappa shape index (κ2) is 9.94. The number of aryl methyl sites for hydroxylation is 1. The van der Waals surface area contributed by atoms with E-state index >= 15 is 0 Å². The lowest BCUT2D eigenvalue weighted by atomic mass is 9.85. The van der Waals surface area contributed by atoms with Crippen LogP contribution in [0.25, 0.3) is 0 Å². The van der Waals surface area contributed by atoms with Gasteiger partial charge in [-0.2, -0.15) is 0 Å². The average Bonchev–Trinajstić information content (AvgIpc) is 2.70. The van der Waals surface area contributed by atoms with Gasteiger partial charge in [-0.3, -0.25) is 4.79 Å². The lowest BCUT2D eigenvalue weighted by Crippen LogP contribution is -2.61. The number of carbonyl (C=O) groups is 1. The van der Waals surface area contributed by atoms with E-state index in [1.54, 1.807) is 12.3 Å². The zero-order chi connectivity index (χ0) is 21.3. The second-order valence-corrected chi connectivity index (χ2v) is 9.83. The van der Waals surface area contributed by atoms with Crippen LogP contribution in [0.4, 0.5) is 5.82 Å². The summed E-state index contributed by atoms with van der Waals surface area (Å²) in [6.07, 6.45) is 6.28. The fraction of sp³-hybridized carbons (Fsp3) is 0.500. The molecule has 1 aromatic heterocycles. The number of benzene rings is 1. The summed E-state index contributed by atoms with van der Waals surface area (Å²) in [5.74, 6) is 0.787. The van der Waals surface area contributed by atoms with Gasteiger partial charge in [-0.05, 0) is 51.2 Å². The summed E-state index contributed by atoms with van der Waals surface area (Å²) in [7, 11) is 0. The minimum Gasteiger partial charge on any atom is -0.355 e. The number of carbonyl (C=O) groups excluding carboxylic acids is 1. The van der Waals surface area contributed by atoms with Gasteiger partial charge in [0.05, 0.1) is 27.5 Å². The van der Waals surface area contributed by atoms with E-state index in [9.17, 15) is 4.79 Å². The van der Waals surface area contributed by atoms with E-state index in [0.717, 1.165) is 34.3 Å². The number of hydrogen-bond donors (Lipinski definition) is 2. The Labute approximate surface area is 198 Å². The molecular weight excluding hydrogens is 453 g/mol. The third-order valence-corrected chi connectivity index (χ3v) is 7.97. The lowest BCUT2D eigenvalue weighted by molar-refractivity contribution is -0.128. The van der Waals surface area contributed by atoms with E-state index < -0.39 is 5.54 Å². The first-order valence-electron chi connectivity index (χ1n) is 10.2. The van der Waals surface area contributed by atoms with Crippen molar-refractivity contribution in [3.63, 3.8) is 0 Å². The molecule has 9 heteroatoms. The molecule has 1 saturated carbocycles. The highest BCUT2D eigenvalue weighted by atomic mass is 35.5. The van der Waals surface area contributed by atoms with Crippen molar-refractivity contribution in [2.24, 2.45) is 5.73 Å². The predicted molar refractivity (Wildman–Crippen MR) is 128 cm³/mol. The third kappa shape index (κ3) is 5.28. The smallest absolute Gasteiger partial charge is 0.240 e. The van der Waals surface area contributed by atoms with E-state index in [2.05, 4.69) is 15.2 Å². The fourth-order valence-corrected chi connectivity index (χ4v) is 4.95. The quantitative estimate of drug-likeness (QED) is 0.634. The molecule has 2 aliphatic rings. The number of hydrogen-bond acceptors (Lipinski definition) is 6. The molecule has 6 nitrogen and oxygen atoms in total. The molecule has 168 valence electrons. The maximum Gasteiger partial charge on any atom is 0.240 e. The molecule has 0 spiro atoms. The van der Waals surface area contributed by atoms with E-state index in [1.807, 2.05) is 19.1 Å². The summed E-state index contributed by atoms with van der Waals surface area (Å²) < 4.78 is 0. The van der Waals surface area contributed by atoms with Gasteiger partial charge >= 0.3 is 0 Å². The Morgan fingerprint density at radius 1 is 1.29 bits per heavy atom. The zero-order valence-electron chi connectivity index (χ0n) is 16.8. The van der Waals surface area contributed by atoms with Crippen LogP contribution in [0.5, 0.6) is 0 Å². The van der Waals surface area contributed by atoms with Crippen LogP contribution in [-0.2, 0) is 4.79 Å². The number of nitrogens with zero attached hydrogens (tertiary/aromatic N) is 3.